The molecule has 0 radical (unpaired) electrons. The van der Waals surface area contributed by atoms with Gasteiger partial charge in [-0.15, -0.1) is 0 Å². The van der Waals surface area contributed by atoms with Crippen LogP contribution in [0.1, 0.15) is 5.56 Å². The van der Waals surface area contributed by atoms with E-state index in [0.717, 1.165) is 0 Å². The van der Waals surface area contributed by atoms with Gasteiger partial charge in [0.05, 0.1) is 11.5 Å². The maximum absolute atomic E-state index is 13.3. The number of halogens is 1. The molecule has 2 N–H and O–H groups in total. The van der Waals surface area contributed by atoms with Crippen LogP contribution in [-0.2, 0) is 26.5 Å². The minimum absolute atomic E-state index is 0.0286. The molecule has 0 saturated carbocycles. The van der Waals surface area contributed by atoms with Crippen LogP contribution < -0.4 is 9.44 Å². The first-order valence-electron chi connectivity index (χ1n) is 5.88. The minimum Gasteiger partial charge on any atom is -0.218 e. The van der Waals surface area contributed by atoms with Crippen LogP contribution in [0.2, 0.25) is 0 Å². The van der Waals surface area contributed by atoms with Crippen LogP contribution in [-0.4, -0.2) is 41.9 Å². The van der Waals surface area contributed by atoms with E-state index in [-0.39, 0.29) is 24.5 Å². The van der Waals surface area contributed by atoms with E-state index in [4.69, 9.17) is 0 Å². The molecule has 6 nitrogen and oxygen atoms in total. The van der Waals surface area contributed by atoms with E-state index in [2.05, 4.69) is 9.44 Å². The van der Waals surface area contributed by atoms with Crippen LogP contribution in [0.25, 0.3) is 0 Å². The third-order valence-electron chi connectivity index (χ3n) is 2.60. The molecule has 20 heavy (non-hydrogen) atoms. The Kier molecular flexibility index (Phi) is 6.06. The summed E-state index contributed by atoms with van der Waals surface area (Å²) in [7, 11) is -5.84. The van der Waals surface area contributed by atoms with E-state index in [1.165, 1.54) is 25.2 Å². The van der Waals surface area contributed by atoms with E-state index in [9.17, 15) is 21.2 Å². The van der Waals surface area contributed by atoms with Gasteiger partial charge in [-0.1, -0.05) is 18.2 Å². The van der Waals surface area contributed by atoms with E-state index >= 15 is 0 Å². The molecule has 0 aliphatic heterocycles. The van der Waals surface area contributed by atoms with Crippen molar-refractivity contribution in [2.45, 2.75) is 6.42 Å². The van der Waals surface area contributed by atoms with Gasteiger partial charge >= 0.3 is 0 Å². The van der Waals surface area contributed by atoms with Crippen molar-refractivity contribution >= 4 is 20.0 Å². The Morgan fingerprint density at radius 2 is 1.70 bits per heavy atom. The van der Waals surface area contributed by atoms with Gasteiger partial charge < -0.3 is 0 Å². The van der Waals surface area contributed by atoms with Gasteiger partial charge in [0.25, 0.3) is 0 Å². The summed E-state index contributed by atoms with van der Waals surface area (Å²) in [5, 5.41) is 0. The molecule has 0 atom stereocenters. The van der Waals surface area contributed by atoms with E-state index in [0.29, 0.717) is 5.56 Å². The average Bonchev–Trinajstić information content (AvgIpc) is 2.37. The Morgan fingerprint density at radius 1 is 1.05 bits per heavy atom. The van der Waals surface area contributed by atoms with E-state index in [1.54, 1.807) is 6.07 Å². The van der Waals surface area contributed by atoms with Crippen molar-refractivity contribution in [3.63, 3.8) is 0 Å². The Morgan fingerprint density at radius 3 is 2.30 bits per heavy atom. The lowest BCUT2D eigenvalue weighted by atomic mass is 10.2. The fourth-order valence-corrected chi connectivity index (χ4v) is 3.20. The number of nitrogens with one attached hydrogen (secondary N) is 2. The van der Waals surface area contributed by atoms with Gasteiger partial charge in [0.15, 0.2) is 0 Å². The van der Waals surface area contributed by atoms with Gasteiger partial charge in [-0.2, -0.15) is 0 Å². The molecule has 0 unspecified atom stereocenters. The van der Waals surface area contributed by atoms with Crippen molar-refractivity contribution in [2.24, 2.45) is 0 Å². The Hall–Kier alpha value is -1.03. The molecule has 1 aromatic carbocycles. The molecule has 0 fully saturated rings. The molecule has 0 aliphatic carbocycles. The predicted molar refractivity (Wildman–Crippen MR) is 74.7 cm³/mol. The number of sulfonamides is 2. The molecule has 0 amide bonds. The summed E-state index contributed by atoms with van der Waals surface area (Å²) in [6, 6.07) is 5.91. The van der Waals surface area contributed by atoms with Gasteiger partial charge in [0, 0.05) is 6.54 Å². The van der Waals surface area contributed by atoms with Gasteiger partial charge in [-0.05, 0) is 25.1 Å². The Labute approximate surface area is 118 Å². The quantitative estimate of drug-likeness (QED) is 0.695. The largest absolute Gasteiger partial charge is 0.218 e. The highest BCUT2D eigenvalue weighted by atomic mass is 32.2. The van der Waals surface area contributed by atoms with Gasteiger partial charge in [-0.25, -0.2) is 30.7 Å². The zero-order valence-corrected chi connectivity index (χ0v) is 12.6. The smallest absolute Gasteiger partial charge is 0.212 e. The normalized spacial score (nSPS) is 12.5. The standard InChI is InChI=1S/C11H17FN2O4S2/c1-13-19(15,16)9-7-14-20(17,18)8-6-10-4-2-3-5-11(10)12/h2-5,13-14H,6-9H2,1H3. The van der Waals surface area contributed by atoms with Crippen LogP contribution in [0, 0.1) is 5.82 Å². The zero-order chi connectivity index (χ0) is 15.2. The van der Waals surface area contributed by atoms with Crippen LogP contribution in [0.3, 0.4) is 0 Å². The highest BCUT2D eigenvalue weighted by Gasteiger charge is 2.14. The molecule has 9 heteroatoms. The van der Waals surface area contributed by atoms with E-state index < -0.39 is 25.9 Å². The molecule has 0 bridgehead atoms. The fourth-order valence-electron chi connectivity index (χ4n) is 1.45. The van der Waals surface area contributed by atoms with Crippen molar-refractivity contribution in [1.82, 2.24) is 9.44 Å². The topological polar surface area (TPSA) is 92.3 Å². The summed E-state index contributed by atoms with van der Waals surface area (Å²) in [6.07, 6.45) is 0.0286. The predicted octanol–water partition coefficient (Wildman–Crippen LogP) is -0.163. The third-order valence-corrected chi connectivity index (χ3v) is 5.35. The highest BCUT2D eigenvalue weighted by Crippen LogP contribution is 2.07. The molecule has 0 heterocycles. The first-order valence-corrected chi connectivity index (χ1v) is 9.18. The summed E-state index contributed by atoms with van der Waals surface area (Å²) < 4.78 is 63.1. The van der Waals surface area contributed by atoms with Crippen LogP contribution >= 0.6 is 0 Å². The summed E-state index contributed by atoms with van der Waals surface area (Å²) in [5.74, 6) is -1.10. The van der Waals surface area contributed by atoms with Crippen molar-refractivity contribution in [3.8, 4) is 0 Å². The fraction of sp³-hybridized carbons (Fsp3) is 0.455. The summed E-state index contributed by atoms with van der Waals surface area (Å²) in [6.45, 7) is -0.219. The number of hydrogen-bond acceptors (Lipinski definition) is 4. The van der Waals surface area contributed by atoms with Crippen LogP contribution in [0.15, 0.2) is 24.3 Å². The highest BCUT2D eigenvalue weighted by molar-refractivity contribution is 7.90. The maximum atomic E-state index is 13.3. The van der Waals surface area contributed by atoms with Crippen molar-refractivity contribution < 1.29 is 21.2 Å². The summed E-state index contributed by atoms with van der Waals surface area (Å²) in [4.78, 5) is 0. The minimum atomic E-state index is -3.64. The molecule has 1 aromatic rings. The van der Waals surface area contributed by atoms with Gasteiger partial charge in [0.2, 0.25) is 20.0 Å². The molecule has 0 aliphatic rings. The second-order valence-electron chi connectivity index (χ2n) is 4.08. The number of hydrogen-bond donors (Lipinski definition) is 2. The van der Waals surface area contributed by atoms with Gasteiger partial charge in [-0.3, -0.25) is 0 Å². The molecule has 114 valence electrons. The SMILES string of the molecule is CNS(=O)(=O)CCNS(=O)(=O)CCc1ccccc1F. The van der Waals surface area contributed by atoms with Crippen LogP contribution in [0.4, 0.5) is 4.39 Å². The molecule has 1 rings (SSSR count). The molecule has 0 spiro atoms. The second-order valence-corrected chi connectivity index (χ2v) is 8.05. The Balaban J connectivity index is 2.49. The Bertz CT molecular complexity index is 644. The molecular formula is C11H17FN2O4S2. The van der Waals surface area contributed by atoms with Gasteiger partial charge in [0.1, 0.15) is 5.82 Å². The molecule has 0 saturated heterocycles. The molecular weight excluding hydrogens is 307 g/mol. The third kappa shape index (κ3) is 5.95. The summed E-state index contributed by atoms with van der Waals surface area (Å²) in [5.41, 5.74) is 0.306. The second kappa shape index (κ2) is 7.11. The zero-order valence-electron chi connectivity index (χ0n) is 11.0. The van der Waals surface area contributed by atoms with E-state index in [1.807, 2.05) is 0 Å². The first kappa shape index (κ1) is 17.0. The lowest BCUT2D eigenvalue weighted by molar-refractivity contribution is 0.576. The lowest BCUT2D eigenvalue weighted by Crippen LogP contribution is -2.34. The maximum Gasteiger partial charge on any atom is 0.212 e. The monoisotopic (exact) mass is 324 g/mol. The van der Waals surface area contributed by atoms with Crippen molar-refractivity contribution in [3.05, 3.63) is 35.6 Å². The van der Waals surface area contributed by atoms with Crippen molar-refractivity contribution in [1.29, 1.82) is 0 Å². The number of aryl methyl sites for hydroxylation is 1. The molecule has 0 aromatic heterocycles. The average molecular weight is 324 g/mol. The lowest BCUT2D eigenvalue weighted by Gasteiger charge is -2.07. The van der Waals surface area contributed by atoms with Crippen molar-refractivity contribution in [2.75, 3.05) is 25.1 Å². The number of benzene rings is 1. The summed E-state index contributed by atoms with van der Waals surface area (Å²) >= 11 is 0. The number of rotatable bonds is 8. The van der Waals surface area contributed by atoms with Crippen LogP contribution in [0.5, 0.6) is 0 Å². The first-order chi connectivity index (χ1) is 9.26.